The minimum absolute atomic E-state index is 0.0492. The van der Waals surface area contributed by atoms with Crippen LogP contribution < -0.4 is 0 Å². The highest BCUT2D eigenvalue weighted by atomic mass is 16.5. The van der Waals surface area contributed by atoms with Gasteiger partial charge in [-0.15, -0.1) is 0 Å². The number of carbonyl (C=O) groups excluding carboxylic acids is 2. The number of amides is 1. The Morgan fingerprint density at radius 2 is 1.74 bits per heavy atom. The Bertz CT molecular complexity index is 1120. The van der Waals surface area contributed by atoms with Gasteiger partial charge in [0.25, 0.3) is 5.91 Å². The Kier molecular flexibility index (Phi) is 5.89. The van der Waals surface area contributed by atoms with Crippen molar-refractivity contribution in [3.8, 4) is 5.69 Å². The van der Waals surface area contributed by atoms with Gasteiger partial charge >= 0.3 is 5.97 Å². The largest absolute Gasteiger partial charge is 0.469 e. The molecule has 2 heterocycles. The molecule has 0 atom stereocenters. The van der Waals surface area contributed by atoms with Gasteiger partial charge in [-0.2, -0.15) is 5.10 Å². The van der Waals surface area contributed by atoms with Crippen LogP contribution in [-0.2, 0) is 28.9 Å². The summed E-state index contributed by atoms with van der Waals surface area (Å²) in [5.74, 6) is -0.178. The Labute approximate surface area is 182 Å². The van der Waals surface area contributed by atoms with Crippen molar-refractivity contribution in [2.45, 2.75) is 39.7 Å². The second-order valence-corrected chi connectivity index (χ2v) is 7.93. The molecule has 0 bridgehead atoms. The molecule has 1 amide bonds. The lowest BCUT2D eigenvalue weighted by Crippen LogP contribution is -2.35. The Balaban J connectivity index is 1.50. The molecule has 2 aromatic carbocycles. The normalized spacial score (nSPS) is 13.1. The first kappa shape index (κ1) is 20.8. The number of esters is 1. The number of carbonyl (C=O) groups is 2. The van der Waals surface area contributed by atoms with Crippen LogP contribution in [0, 0.1) is 13.8 Å². The van der Waals surface area contributed by atoms with Gasteiger partial charge in [0.1, 0.15) is 0 Å². The van der Waals surface area contributed by atoms with Gasteiger partial charge in [-0.05, 0) is 67.6 Å². The number of hydrogen-bond acceptors (Lipinski definition) is 4. The quantitative estimate of drug-likeness (QED) is 0.593. The molecule has 1 aliphatic rings. The topological polar surface area (TPSA) is 64.4 Å². The Hall–Kier alpha value is -3.41. The van der Waals surface area contributed by atoms with E-state index < -0.39 is 0 Å². The third kappa shape index (κ3) is 4.24. The molecule has 0 aliphatic carbocycles. The Morgan fingerprint density at radius 3 is 2.45 bits per heavy atom. The molecule has 4 rings (SSSR count). The van der Waals surface area contributed by atoms with Gasteiger partial charge in [-0.3, -0.25) is 9.59 Å². The molecule has 0 radical (unpaired) electrons. The fourth-order valence-corrected chi connectivity index (χ4v) is 4.21. The maximum atomic E-state index is 13.0. The van der Waals surface area contributed by atoms with Crippen molar-refractivity contribution in [1.82, 2.24) is 14.7 Å². The van der Waals surface area contributed by atoms with E-state index in [0.29, 0.717) is 24.9 Å². The number of fused-ring (bicyclic) bond motifs is 1. The minimum Gasteiger partial charge on any atom is -0.469 e. The zero-order valence-corrected chi connectivity index (χ0v) is 18.2. The summed E-state index contributed by atoms with van der Waals surface area (Å²) >= 11 is 0. The van der Waals surface area contributed by atoms with E-state index in [0.717, 1.165) is 35.6 Å². The molecule has 1 aliphatic heterocycles. The number of aryl methyl sites for hydroxylation is 1. The molecule has 0 spiro atoms. The maximum Gasteiger partial charge on any atom is 0.305 e. The van der Waals surface area contributed by atoms with Crippen molar-refractivity contribution in [3.63, 3.8) is 0 Å². The lowest BCUT2D eigenvalue weighted by molar-refractivity contribution is -0.140. The van der Waals surface area contributed by atoms with Gasteiger partial charge in [0.15, 0.2) is 0 Å². The van der Waals surface area contributed by atoms with Crippen LogP contribution in [0.25, 0.3) is 5.69 Å². The van der Waals surface area contributed by atoms with Crippen LogP contribution >= 0.6 is 0 Å². The monoisotopic (exact) mass is 417 g/mol. The zero-order chi connectivity index (χ0) is 22.0. The average Bonchev–Trinajstić information content (AvgIpc) is 3.09. The second kappa shape index (κ2) is 8.76. The SMILES string of the molecule is COC(=O)CCc1c(C)nn(-c2ccc(C(=O)N3CCc4ccccc4C3)cc2)c1C. The second-order valence-electron chi connectivity index (χ2n) is 7.93. The van der Waals surface area contributed by atoms with Gasteiger partial charge in [0, 0.05) is 30.8 Å². The highest BCUT2D eigenvalue weighted by Crippen LogP contribution is 2.22. The molecule has 0 unspecified atom stereocenters. The van der Waals surface area contributed by atoms with Crippen molar-refractivity contribution in [1.29, 1.82) is 0 Å². The summed E-state index contributed by atoms with van der Waals surface area (Å²) in [6.07, 6.45) is 1.81. The Morgan fingerprint density at radius 1 is 1.03 bits per heavy atom. The third-order valence-electron chi connectivity index (χ3n) is 6.02. The number of ether oxygens (including phenoxy) is 1. The van der Waals surface area contributed by atoms with E-state index in [1.165, 1.54) is 18.2 Å². The highest BCUT2D eigenvalue weighted by Gasteiger charge is 2.22. The predicted octanol–water partition coefficient (Wildman–Crippen LogP) is 3.79. The standard InChI is InChI=1S/C25H27N3O3/c1-17-23(12-13-24(29)31-3)18(2)28(26-17)22-10-8-20(9-11-22)25(30)27-15-14-19-6-4-5-7-21(19)16-27/h4-11H,12-16H2,1-3H3. The molecule has 6 nitrogen and oxygen atoms in total. The van der Waals surface area contributed by atoms with Gasteiger partial charge in [-0.1, -0.05) is 24.3 Å². The summed E-state index contributed by atoms with van der Waals surface area (Å²) in [4.78, 5) is 26.4. The van der Waals surface area contributed by atoms with Crippen molar-refractivity contribution in [2.24, 2.45) is 0 Å². The summed E-state index contributed by atoms with van der Waals surface area (Å²) in [6.45, 7) is 5.33. The first-order valence-corrected chi connectivity index (χ1v) is 10.6. The molecule has 0 saturated heterocycles. The molecular weight excluding hydrogens is 390 g/mol. The van der Waals surface area contributed by atoms with Crippen molar-refractivity contribution < 1.29 is 14.3 Å². The number of hydrogen-bond donors (Lipinski definition) is 0. The highest BCUT2D eigenvalue weighted by molar-refractivity contribution is 5.94. The molecule has 0 saturated carbocycles. The lowest BCUT2D eigenvalue weighted by Gasteiger charge is -2.29. The van der Waals surface area contributed by atoms with Gasteiger partial charge in [0.05, 0.1) is 18.5 Å². The molecule has 160 valence electrons. The van der Waals surface area contributed by atoms with E-state index in [4.69, 9.17) is 4.74 Å². The third-order valence-corrected chi connectivity index (χ3v) is 6.02. The van der Waals surface area contributed by atoms with Crippen LogP contribution in [-0.4, -0.2) is 40.2 Å². The summed E-state index contributed by atoms with van der Waals surface area (Å²) in [5, 5.41) is 4.64. The summed E-state index contributed by atoms with van der Waals surface area (Å²) in [6, 6.07) is 15.9. The molecule has 0 fully saturated rings. The lowest BCUT2D eigenvalue weighted by atomic mass is 9.99. The minimum atomic E-state index is -0.227. The van der Waals surface area contributed by atoms with Gasteiger partial charge in [-0.25, -0.2) is 4.68 Å². The number of rotatable bonds is 5. The fraction of sp³-hybridized carbons (Fsp3) is 0.320. The predicted molar refractivity (Wildman–Crippen MR) is 118 cm³/mol. The van der Waals surface area contributed by atoms with E-state index in [-0.39, 0.29) is 11.9 Å². The van der Waals surface area contributed by atoms with E-state index in [1.807, 2.05) is 53.8 Å². The molecule has 1 aromatic heterocycles. The van der Waals surface area contributed by atoms with Crippen molar-refractivity contribution in [2.75, 3.05) is 13.7 Å². The summed E-state index contributed by atoms with van der Waals surface area (Å²) < 4.78 is 6.61. The van der Waals surface area contributed by atoms with Crippen LogP contribution in [0.2, 0.25) is 0 Å². The van der Waals surface area contributed by atoms with Crippen molar-refractivity contribution in [3.05, 3.63) is 82.2 Å². The average molecular weight is 418 g/mol. The molecule has 31 heavy (non-hydrogen) atoms. The van der Waals surface area contributed by atoms with E-state index in [9.17, 15) is 9.59 Å². The number of benzene rings is 2. The number of nitrogens with zero attached hydrogens (tertiary/aromatic N) is 3. The molecule has 0 N–H and O–H groups in total. The first-order valence-electron chi connectivity index (χ1n) is 10.6. The number of aromatic nitrogens is 2. The fourth-order valence-electron chi connectivity index (χ4n) is 4.21. The first-order chi connectivity index (χ1) is 15.0. The van der Waals surface area contributed by atoms with Crippen LogP contribution in [0.4, 0.5) is 0 Å². The smallest absolute Gasteiger partial charge is 0.305 e. The van der Waals surface area contributed by atoms with Crippen LogP contribution in [0.15, 0.2) is 48.5 Å². The molecule has 6 heteroatoms. The molecular formula is C25H27N3O3. The van der Waals surface area contributed by atoms with Crippen LogP contribution in [0.5, 0.6) is 0 Å². The van der Waals surface area contributed by atoms with E-state index in [1.54, 1.807) is 0 Å². The van der Waals surface area contributed by atoms with Gasteiger partial charge < -0.3 is 9.64 Å². The summed E-state index contributed by atoms with van der Waals surface area (Å²) in [7, 11) is 1.40. The molecule has 3 aromatic rings. The van der Waals surface area contributed by atoms with Gasteiger partial charge in [0.2, 0.25) is 0 Å². The summed E-state index contributed by atoms with van der Waals surface area (Å²) in [5.41, 5.74) is 7.07. The maximum absolute atomic E-state index is 13.0. The van der Waals surface area contributed by atoms with Crippen LogP contribution in [0.1, 0.15) is 44.9 Å². The zero-order valence-electron chi connectivity index (χ0n) is 18.2. The van der Waals surface area contributed by atoms with Crippen LogP contribution in [0.3, 0.4) is 0 Å². The van der Waals surface area contributed by atoms with Crippen molar-refractivity contribution >= 4 is 11.9 Å². The number of methoxy groups -OCH3 is 1. The van der Waals surface area contributed by atoms with E-state index in [2.05, 4.69) is 23.3 Å². The van der Waals surface area contributed by atoms with E-state index >= 15 is 0 Å².